The summed E-state index contributed by atoms with van der Waals surface area (Å²) in [6, 6.07) is 20.5. The Labute approximate surface area is 217 Å². The highest BCUT2D eigenvalue weighted by molar-refractivity contribution is 6.45. The summed E-state index contributed by atoms with van der Waals surface area (Å²) in [5.74, 6) is 0. The van der Waals surface area contributed by atoms with Gasteiger partial charge in [-0.3, -0.25) is 4.79 Å². The van der Waals surface area contributed by atoms with E-state index in [0.29, 0.717) is 31.8 Å². The van der Waals surface area contributed by atoms with Gasteiger partial charge in [-0.15, -0.1) is 0 Å². The Morgan fingerprint density at radius 3 is 2.08 bits per heavy atom. The summed E-state index contributed by atoms with van der Waals surface area (Å²) in [6.07, 6.45) is 5.97. The molecule has 2 aromatic carbocycles. The lowest BCUT2D eigenvalue weighted by atomic mass is 9.82. The van der Waals surface area contributed by atoms with Crippen LogP contribution in [0, 0.1) is 0 Å². The number of ether oxygens (including phenoxy) is 2. The summed E-state index contributed by atoms with van der Waals surface area (Å²) < 4.78 is 22.7. The molecule has 2 unspecified atom stereocenters. The first-order valence-electron chi connectivity index (χ1n) is 13.1. The number of carbonyl (C=O) groups excluding carboxylic acids is 1. The molecule has 1 N–H and O–H groups in total. The van der Waals surface area contributed by atoms with Crippen molar-refractivity contribution in [2.24, 2.45) is 0 Å². The topological polar surface area (TPSA) is 66.0 Å². The molecule has 0 bridgehead atoms. The minimum atomic E-state index is -0.214. The fraction of sp³-hybridized carbons (Fsp3) is 0.552. The molecule has 0 saturated carbocycles. The molecule has 0 aliphatic carbocycles. The molecule has 6 nitrogen and oxygen atoms in total. The van der Waals surface area contributed by atoms with Crippen LogP contribution in [0.15, 0.2) is 60.7 Å². The molecule has 0 spiro atoms. The van der Waals surface area contributed by atoms with Crippen molar-refractivity contribution in [2.75, 3.05) is 6.54 Å². The third kappa shape index (κ3) is 9.04. The first kappa shape index (κ1) is 28.4. The standard InChI is InChI=1S/C21H34BNO3.C8H8O2/c1-20(2)21(3,4)26-22(25-20)13-9-8-12-18-14-19(15-23-18)24-16-17-10-6-5-7-11-17;9-7-10-6-8-4-2-1-3-5-8/h5-7,10-11,18-19,23H,8-9,12-16H2,1-4H3;1-5,7H,6H2. The van der Waals surface area contributed by atoms with Gasteiger partial charge in [-0.05, 0) is 58.0 Å². The number of hydrogen-bond acceptors (Lipinski definition) is 6. The molecule has 196 valence electrons. The van der Waals surface area contributed by atoms with Gasteiger partial charge in [0.05, 0.1) is 23.9 Å². The quantitative estimate of drug-likeness (QED) is 0.250. The highest BCUT2D eigenvalue weighted by atomic mass is 16.7. The van der Waals surface area contributed by atoms with Gasteiger partial charge in [-0.2, -0.15) is 0 Å². The monoisotopic (exact) mass is 495 g/mol. The SMILES string of the molecule is CC1(C)OB(CCCCC2CC(OCc3ccccc3)CN2)OC1(C)C.O=COCc1ccccc1. The van der Waals surface area contributed by atoms with E-state index >= 15 is 0 Å². The maximum atomic E-state index is 9.76. The molecular weight excluding hydrogens is 453 g/mol. The van der Waals surface area contributed by atoms with Gasteiger partial charge in [0, 0.05) is 12.6 Å². The molecular formula is C29H42BNO5. The van der Waals surface area contributed by atoms with E-state index in [1.807, 2.05) is 36.4 Å². The summed E-state index contributed by atoms with van der Waals surface area (Å²) in [5, 5.41) is 3.61. The Bertz CT molecular complexity index is 877. The van der Waals surface area contributed by atoms with Crippen molar-refractivity contribution in [3.63, 3.8) is 0 Å². The van der Waals surface area contributed by atoms with E-state index in [1.165, 1.54) is 18.4 Å². The molecule has 7 heteroatoms. The summed E-state index contributed by atoms with van der Waals surface area (Å²) in [5.41, 5.74) is 1.83. The molecule has 2 aliphatic heterocycles. The van der Waals surface area contributed by atoms with Gasteiger partial charge in [0.25, 0.3) is 6.47 Å². The van der Waals surface area contributed by atoms with Crippen LogP contribution in [0.2, 0.25) is 6.32 Å². The van der Waals surface area contributed by atoms with Gasteiger partial charge in [0.1, 0.15) is 6.61 Å². The Kier molecular flexibility index (Phi) is 11.0. The smallest absolute Gasteiger partial charge is 0.457 e. The summed E-state index contributed by atoms with van der Waals surface area (Å²) in [7, 11) is -0.0570. The molecule has 2 heterocycles. The van der Waals surface area contributed by atoms with E-state index in [2.05, 4.69) is 62.0 Å². The van der Waals surface area contributed by atoms with Crippen LogP contribution in [0.3, 0.4) is 0 Å². The summed E-state index contributed by atoms with van der Waals surface area (Å²) in [6.45, 7) is 11.0. The molecule has 2 atom stereocenters. The largest absolute Gasteiger partial charge is 0.463 e. The predicted octanol–water partition coefficient (Wildman–Crippen LogP) is 5.56. The normalized spacial score (nSPS) is 22.1. The lowest BCUT2D eigenvalue weighted by Gasteiger charge is -2.32. The maximum Gasteiger partial charge on any atom is 0.457 e. The summed E-state index contributed by atoms with van der Waals surface area (Å²) >= 11 is 0. The van der Waals surface area contributed by atoms with Gasteiger partial charge in [0.15, 0.2) is 0 Å². The Hall–Kier alpha value is -2.19. The average molecular weight is 495 g/mol. The maximum absolute atomic E-state index is 9.76. The van der Waals surface area contributed by atoms with Crippen LogP contribution in [0.5, 0.6) is 0 Å². The van der Waals surface area contributed by atoms with Crippen LogP contribution < -0.4 is 5.32 Å². The molecule has 36 heavy (non-hydrogen) atoms. The zero-order valence-corrected chi connectivity index (χ0v) is 22.3. The van der Waals surface area contributed by atoms with Crippen LogP contribution >= 0.6 is 0 Å². The molecule has 4 rings (SSSR count). The zero-order chi connectivity index (χ0) is 25.9. The molecule has 0 radical (unpaired) electrons. The van der Waals surface area contributed by atoms with Crippen LogP contribution in [0.4, 0.5) is 0 Å². The van der Waals surface area contributed by atoms with E-state index in [-0.39, 0.29) is 18.3 Å². The van der Waals surface area contributed by atoms with Crippen molar-refractivity contribution in [3.8, 4) is 0 Å². The summed E-state index contributed by atoms with van der Waals surface area (Å²) in [4.78, 5) is 9.76. The van der Waals surface area contributed by atoms with Crippen LogP contribution in [0.25, 0.3) is 0 Å². The van der Waals surface area contributed by atoms with Crippen molar-refractivity contribution in [1.82, 2.24) is 5.32 Å². The number of nitrogens with one attached hydrogen (secondary N) is 1. The van der Waals surface area contributed by atoms with E-state index in [1.54, 1.807) is 0 Å². The van der Waals surface area contributed by atoms with E-state index in [9.17, 15) is 4.79 Å². The Morgan fingerprint density at radius 1 is 0.917 bits per heavy atom. The molecule has 2 aliphatic rings. The second-order valence-corrected chi connectivity index (χ2v) is 10.6. The van der Waals surface area contributed by atoms with E-state index in [4.69, 9.17) is 14.0 Å². The average Bonchev–Trinajstić information content (AvgIpc) is 3.41. The third-order valence-corrected chi connectivity index (χ3v) is 7.22. The minimum Gasteiger partial charge on any atom is -0.463 e. The lowest BCUT2D eigenvalue weighted by molar-refractivity contribution is -0.129. The lowest BCUT2D eigenvalue weighted by Crippen LogP contribution is -2.41. The first-order chi connectivity index (χ1) is 17.3. The first-order valence-corrected chi connectivity index (χ1v) is 13.1. The molecule has 2 saturated heterocycles. The van der Waals surface area contributed by atoms with Gasteiger partial charge in [0.2, 0.25) is 0 Å². The van der Waals surface area contributed by atoms with Gasteiger partial charge in [-0.25, -0.2) is 0 Å². The number of rotatable bonds is 11. The van der Waals surface area contributed by atoms with Gasteiger partial charge in [-0.1, -0.05) is 73.5 Å². The van der Waals surface area contributed by atoms with Crippen molar-refractivity contribution in [2.45, 2.75) is 96.3 Å². The van der Waals surface area contributed by atoms with E-state index in [0.717, 1.165) is 31.3 Å². The Morgan fingerprint density at radius 2 is 1.50 bits per heavy atom. The second-order valence-electron chi connectivity index (χ2n) is 10.6. The fourth-order valence-electron chi connectivity index (χ4n) is 4.41. The number of unbranched alkanes of at least 4 members (excludes halogenated alkanes) is 1. The van der Waals surface area contributed by atoms with Crippen molar-refractivity contribution in [1.29, 1.82) is 0 Å². The van der Waals surface area contributed by atoms with Crippen LogP contribution in [-0.4, -0.2) is 43.5 Å². The molecule has 2 fully saturated rings. The fourth-order valence-corrected chi connectivity index (χ4v) is 4.41. The number of carbonyl (C=O) groups is 1. The predicted molar refractivity (Wildman–Crippen MR) is 143 cm³/mol. The minimum absolute atomic E-state index is 0.0570. The number of benzene rings is 2. The third-order valence-electron chi connectivity index (χ3n) is 7.22. The molecule has 2 aromatic rings. The highest BCUT2D eigenvalue weighted by Gasteiger charge is 2.50. The molecule has 0 amide bonds. The van der Waals surface area contributed by atoms with Gasteiger partial charge >= 0.3 is 7.12 Å². The van der Waals surface area contributed by atoms with Crippen LogP contribution in [-0.2, 0) is 36.8 Å². The highest BCUT2D eigenvalue weighted by Crippen LogP contribution is 2.38. The van der Waals surface area contributed by atoms with E-state index < -0.39 is 0 Å². The second kappa shape index (κ2) is 13.9. The van der Waals surface area contributed by atoms with Crippen LogP contribution in [0.1, 0.15) is 64.5 Å². The van der Waals surface area contributed by atoms with Crippen molar-refractivity contribution < 1.29 is 23.6 Å². The number of hydrogen-bond donors (Lipinski definition) is 1. The zero-order valence-electron chi connectivity index (χ0n) is 22.3. The molecule has 0 aromatic heterocycles. The Balaban J connectivity index is 0.000000303. The van der Waals surface area contributed by atoms with Gasteiger partial charge < -0.3 is 24.1 Å². The van der Waals surface area contributed by atoms with Crippen molar-refractivity contribution >= 4 is 13.6 Å². The van der Waals surface area contributed by atoms with Crippen molar-refractivity contribution in [3.05, 3.63) is 71.8 Å².